The van der Waals surface area contributed by atoms with Crippen molar-refractivity contribution in [3.8, 4) is 16.6 Å². The van der Waals surface area contributed by atoms with E-state index in [1.807, 2.05) is 6.07 Å². The first-order valence-electron chi connectivity index (χ1n) is 3.60. The molecule has 0 aliphatic carbocycles. The van der Waals surface area contributed by atoms with Gasteiger partial charge in [0.2, 0.25) is 0 Å². The number of H-pyrrole nitrogens is 1. The largest absolute Gasteiger partial charge is 0.369 e. The third-order valence-electron chi connectivity index (χ3n) is 1.58. The van der Waals surface area contributed by atoms with Crippen LogP contribution < -0.4 is 5.73 Å². The number of anilines is 1. The van der Waals surface area contributed by atoms with E-state index in [1.54, 1.807) is 12.3 Å². The molecule has 5 heteroatoms. The monoisotopic (exact) mass is 190 g/mol. The fourth-order valence-electron chi connectivity index (χ4n) is 1.00. The van der Waals surface area contributed by atoms with E-state index < -0.39 is 0 Å². The molecule has 0 amide bonds. The van der Waals surface area contributed by atoms with Crippen LogP contribution >= 0.6 is 11.3 Å². The fraction of sp³-hybridized carbons (Fsp3) is 0. The minimum atomic E-state index is 0.391. The van der Waals surface area contributed by atoms with Gasteiger partial charge in [-0.05, 0) is 12.1 Å². The summed E-state index contributed by atoms with van der Waals surface area (Å²) in [5, 5.41) is 8.61. The molecule has 0 radical (unpaired) electrons. The summed E-state index contributed by atoms with van der Waals surface area (Å²) in [7, 11) is 0. The molecule has 0 bridgehead atoms. The molecule has 2 aromatic rings. The van der Waals surface area contributed by atoms with Gasteiger partial charge in [0.1, 0.15) is 10.9 Å². The zero-order valence-electron chi connectivity index (χ0n) is 6.61. The van der Waals surface area contributed by atoms with E-state index in [0.29, 0.717) is 10.8 Å². The third kappa shape index (κ3) is 1.39. The molecular formula is C8H6N4S. The minimum Gasteiger partial charge on any atom is -0.369 e. The van der Waals surface area contributed by atoms with Gasteiger partial charge < -0.3 is 10.7 Å². The Kier molecular flexibility index (Phi) is 1.76. The lowest BCUT2D eigenvalue weighted by atomic mass is 10.4. The maximum atomic E-state index is 8.61. The van der Waals surface area contributed by atoms with Crippen LogP contribution in [0.1, 0.15) is 4.88 Å². The van der Waals surface area contributed by atoms with Crippen molar-refractivity contribution in [1.82, 2.24) is 9.97 Å². The van der Waals surface area contributed by atoms with E-state index in [-0.39, 0.29) is 0 Å². The van der Waals surface area contributed by atoms with Crippen molar-refractivity contribution >= 4 is 17.3 Å². The summed E-state index contributed by atoms with van der Waals surface area (Å²) in [6.07, 6.45) is 1.66. The number of imidazole rings is 1. The predicted octanol–water partition coefficient (Wildman–Crippen LogP) is 1.59. The molecule has 0 spiro atoms. The first-order chi connectivity index (χ1) is 6.29. The SMILES string of the molecule is N#Cc1ccc(-c2cnc(N)[nH]2)s1. The van der Waals surface area contributed by atoms with Crippen LogP contribution in [0.5, 0.6) is 0 Å². The number of hydrogen-bond donors (Lipinski definition) is 2. The van der Waals surface area contributed by atoms with Crippen LogP contribution in [0.2, 0.25) is 0 Å². The van der Waals surface area contributed by atoms with Crippen LogP contribution in [-0.4, -0.2) is 9.97 Å². The summed E-state index contributed by atoms with van der Waals surface area (Å²) in [5.41, 5.74) is 6.28. The highest BCUT2D eigenvalue weighted by Crippen LogP contribution is 2.26. The number of nitrogen functional groups attached to an aromatic ring is 1. The molecule has 2 aromatic heterocycles. The van der Waals surface area contributed by atoms with Crippen LogP contribution in [0.4, 0.5) is 5.95 Å². The summed E-state index contributed by atoms with van der Waals surface area (Å²) in [4.78, 5) is 8.43. The predicted molar refractivity (Wildman–Crippen MR) is 51.0 cm³/mol. The Morgan fingerprint density at radius 1 is 1.54 bits per heavy atom. The van der Waals surface area contributed by atoms with Crippen LogP contribution in [0.25, 0.3) is 10.6 Å². The summed E-state index contributed by atoms with van der Waals surface area (Å²) in [6, 6.07) is 5.72. The molecule has 0 aromatic carbocycles. The molecule has 0 fully saturated rings. The van der Waals surface area contributed by atoms with E-state index in [0.717, 1.165) is 10.6 Å². The lowest BCUT2D eigenvalue weighted by molar-refractivity contribution is 1.33. The van der Waals surface area contributed by atoms with Crippen molar-refractivity contribution in [3.63, 3.8) is 0 Å². The smallest absolute Gasteiger partial charge is 0.197 e. The molecule has 2 rings (SSSR count). The first-order valence-corrected chi connectivity index (χ1v) is 4.42. The van der Waals surface area contributed by atoms with Crippen molar-refractivity contribution in [2.24, 2.45) is 0 Å². The number of aromatic nitrogens is 2. The Morgan fingerprint density at radius 2 is 2.38 bits per heavy atom. The van der Waals surface area contributed by atoms with E-state index in [9.17, 15) is 0 Å². The molecule has 64 valence electrons. The number of nitrogens with one attached hydrogen (secondary N) is 1. The molecule has 0 unspecified atom stereocenters. The zero-order chi connectivity index (χ0) is 9.26. The highest BCUT2D eigenvalue weighted by atomic mass is 32.1. The number of nitriles is 1. The molecule has 4 nitrogen and oxygen atoms in total. The van der Waals surface area contributed by atoms with Crippen LogP contribution in [0.15, 0.2) is 18.3 Å². The second-order valence-corrected chi connectivity index (χ2v) is 3.54. The highest BCUT2D eigenvalue weighted by Gasteiger charge is 2.04. The molecule has 2 heterocycles. The van der Waals surface area contributed by atoms with Gasteiger partial charge in [0.05, 0.1) is 16.8 Å². The molecule has 3 N–H and O–H groups in total. The summed E-state index contributed by atoms with van der Waals surface area (Å²) >= 11 is 1.41. The number of thiophene rings is 1. The highest BCUT2D eigenvalue weighted by molar-refractivity contribution is 7.15. The van der Waals surface area contributed by atoms with Crippen molar-refractivity contribution < 1.29 is 0 Å². The van der Waals surface area contributed by atoms with Gasteiger partial charge in [-0.15, -0.1) is 11.3 Å². The second kappa shape index (κ2) is 2.92. The Morgan fingerprint density at radius 3 is 2.92 bits per heavy atom. The van der Waals surface area contributed by atoms with Crippen LogP contribution in [-0.2, 0) is 0 Å². The van der Waals surface area contributed by atoms with Gasteiger partial charge in [-0.2, -0.15) is 5.26 Å². The Bertz CT molecular complexity index is 462. The summed E-state index contributed by atoms with van der Waals surface area (Å²) < 4.78 is 0. The molecule has 0 saturated carbocycles. The van der Waals surface area contributed by atoms with E-state index >= 15 is 0 Å². The number of nitrogens with zero attached hydrogens (tertiary/aromatic N) is 2. The van der Waals surface area contributed by atoms with Crippen LogP contribution in [0.3, 0.4) is 0 Å². The van der Waals surface area contributed by atoms with Crippen molar-refractivity contribution in [1.29, 1.82) is 5.26 Å². The maximum absolute atomic E-state index is 8.61. The average molecular weight is 190 g/mol. The third-order valence-corrected chi connectivity index (χ3v) is 2.60. The Hall–Kier alpha value is -1.80. The lowest BCUT2D eigenvalue weighted by Crippen LogP contribution is -1.84. The van der Waals surface area contributed by atoms with Gasteiger partial charge >= 0.3 is 0 Å². The Balaban J connectivity index is 2.42. The molecule has 13 heavy (non-hydrogen) atoms. The van der Waals surface area contributed by atoms with E-state index in [1.165, 1.54) is 11.3 Å². The summed E-state index contributed by atoms with van der Waals surface area (Å²) in [6.45, 7) is 0. The molecular weight excluding hydrogens is 184 g/mol. The van der Waals surface area contributed by atoms with Gasteiger partial charge in [-0.3, -0.25) is 0 Å². The minimum absolute atomic E-state index is 0.391. The summed E-state index contributed by atoms with van der Waals surface area (Å²) in [5.74, 6) is 0.391. The quantitative estimate of drug-likeness (QED) is 0.716. The van der Waals surface area contributed by atoms with Gasteiger partial charge in [-0.1, -0.05) is 0 Å². The number of aromatic amines is 1. The fourth-order valence-corrected chi connectivity index (χ4v) is 1.77. The maximum Gasteiger partial charge on any atom is 0.197 e. The zero-order valence-corrected chi connectivity index (χ0v) is 7.43. The molecule has 0 aliphatic rings. The number of hydrogen-bond acceptors (Lipinski definition) is 4. The van der Waals surface area contributed by atoms with Gasteiger partial charge in [0.25, 0.3) is 0 Å². The van der Waals surface area contributed by atoms with Crippen molar-refractivity contribution in [3.05, 3.63) is 23.2 Å². The first kappa shape index (κ1) is 7.83. The van der Waals surface area contributed by atoms with Crippen molar-refractivity contribution in [2.75, 3.05) is 5.73 Å². The normalized spacial score (nSPS) is 9.77. The second-order valence-electron chi connectivity index (χ2n) is 2.46. The van der Waals surface area contributed by atoms with Gasteiger partial charge in [0.15, 0.2) is 5.95 Å². The molecule has 0 saturated heterocycles. The average Bonchev–Trinajstić information content (AvgIpc) is 2.71. The van der Waals surface area contributed by atoms with Crippen LogP contribution in [0, 0.1) is 11.3 Å². The number of rotatable bonds is 1. The van der Waals surface area contributed by atoms with E-state index in [2.05, 4.69) is 16.0 Å². The molecule has 0 atom stereocenters. The topological polar surface area (TPSA) is 78.5 Å². The van der Waals surface area contributed by atoms with Crippen molar-refractivity contribution in [2.45, 2.75) is 0 Å². The number of nitrogens with two attached hydrogens (primary N) is 1. The lowest BCUT2D eigenvalue weighted by Gasteiger charge is -1.87. The molecule has 0 aliphatic heterocycles. The van der Waals surface area contributed by atoms with E-state index in [4.69, 9.17) is 11.0 Å². The Labute approximate surface area is 78.7 Å². The van der Waals surface area contributed by atoms with Gasteiger partial charge in [0, 0.05) is 0 Å². The standard InChI is InChI=1S/C8H6N4S/c9-3-5-1-2-7(13-5)6-4-11-8(10)12-6/h1-2,4H,(H3,10,11,12). The van der Waals surface area contributed by atoms with Gasteiger partial charge in [-0.25, -0.2) is 4.98 Å².